The maximum atomic E-state index is 5.92. The van der Waals surface area contributed by atoms with Gasteiger partial charge >= 0.3 is 0 Å². The van der Waals surface area contributed by atoms with Crippen molar-refractivity contribution < 1.29 is 4.74 Å². The van der Waals surface area contributed by atoms with E-state index < -0.39 is 0 Å². The number of halogens is 1. The summed E-state index contributed by atoms with van der Waals surface area (Å²) in [5.74, 6) is 1.50. The van der Waals surface area contributed by atoms with Gasteiger partial charge in [-0.3, -0.25) is 0 Å². The molecule has 1 aromatic carbocycles. The van der Waals surface area contributed by atoms with Crippen LogP contribution in [0.2, 0.25) is 5.02 Å². The molecule has 0 aromatic heterocycles. The van der Waals surface area contributed by atoms with Gasteiger partial charge in [-0.05, 0) is 63.2 Å². The molecule has 1 atom stereocenters. The number of ether oxygens (including phenoxy) is 1. The van der Waals surface area contributed by atoms with Crippen LogP contribution in [0.5, 0.6) is 5.75 Å². The monoisotopic (exact) mass is 269 g/mol. The Balaban J connectivity index is 2.35. The van der Waals surface area contributed by atoms with Crippen LogP contribution in [0.15, 0.2) is 18.2 Å². The van der Waals surface area contributed by atoms with Crippen LogP contribution < -0.4 is 4.74 Å². The Kier molecular flexibility index (Phi) is 6.51. The molecule has 3 heteroatoms. The molecule has 1 aromatic rings. The highest BCUT2D eigenvalue weighted by molar-refractivity contribution is 6.30. The van der Waals surface area contributed by atoms with E-state index in [0.717, 1.165) is 42.5 Å². The van der Waals surface area contributed by atoms with E-state index >= 15 is 0 Å². The number of hydrogen-bond donors (Lipinski definition) is 0. The zero-order valence-electron chi connectivity index (χ0n) is 11.9. The zero-order chi connectivity index (χ0) is 13.5. The molecule has 0 amide bonds. The standard InChI is InChI=1S/C15H24ClNO/c1-5-17(4)9-8-12(2)11-18-15-7-6-14(16)10-13(15)3/h6-7,10,12H,5,8-9,11H2,1-4H3. The summed E-state index contributed by atoms with van der Waals surface area (Å²) in [7, 11) is 2.15. The molecular formula is C15H24ClNO. The second kappa shape index (κ2) is 7.65. The van der Waals surface area contributed by atoms with Crippen LogP contribution in [0.4, 0.5) is 0 Å². The molecule has 0 N–H and O–H groups in total. The van der Waals surface area contributed by atoms with E-state index in [2.05, 4.69) is 25.8 Å². The zero-order valence-corrected chi connectivity index (χ0v) is 12.6. The predicted octanol–water partition coefficient (Wildman–Crippen LogP) is 4.01. The first kappa shape index (κ1) is 15.3. The van der Waals surface area contributed by atoms with E-state index in [4.69, 9.17) is 16.3 Å². The smallest absolute Gasteiger partial charge is 0.122 e. The summed E-state index contributed by atoms with van der Waals surface area (Å²) in [6.07, 6.45) is 1.16. The Morgan fingerprint density at radius 2 is 2.11 bits per heavy atom. The molecular weight excluding hydrogens is 246 g/mol. The SMILES string of the molecule is CCN(C)CCC(C)COc1ccc(Cl)cc1C. The second-order valence-corrected chi connectivity index (χ2v) is 5.45. The van der Waals surface area contributed by atoms with E-state index in [1.807, 2.05) is 25.1 Å². The van der Waals surface area contributed by atoms with Gasteiger partial charge in [-0.1, -0.05) is 25.4 Å². The molecule has 0 saturated heterocycles. The van der Waals surface area contributed by atoms with Crippen LogP contribution in [0, 0.1) is 12.8 Å². The van der Waals surface area contributed by atoms with Crippen LogP contribution in [-0.4, -0.2) is 31.6 Å². The quantitative estimate of drug-likeness (QED) is 0.742. The maximum absolute atomic E-state index is 5.92. The lowest BCUT2D eigenvalue weighted by Gasteiger charge is -2.18. The number of hydrogen-bond acceptors (Lipinski definition) is 2. The fraction of sp³-hybridized carbons (Fsp3) is 0.600. The van der Waals surface area contributed by atoms with Gasteiger partial charge < -0.3 is 9.64 Å². The summed E-state index contributed by atoms with van der Waals surface area (Å²) in [6.45, 7) is 9.42. The van der Waals surface area contributed by atoms with Crippen LogP contribution in [-0.2, 0) is 0 Å². The molecule has 0 heterocycles. The van der Waals surface area contributed by atoms with Crippen LogP contribution >= 0.6 is 11.6 Å². The highest BCUT2D eigenvalue weighted by Gasteiger charge is 2.06. The Morgan fingerprint density at radius 3 is 2.72 bits per heavy atom. The third-order valence-corrected chi connectivity index (χ3v) is 3.44. The number of nitrogens with zero attached hydrogens (tertiary/aromatic N) is 1. The van der Waals surface area contributed by atoms with Crippen LogP contribution in [0.25, 0.3) is 0 Å². The van der Waals surface area contributed by atoms with Crippen molar-refractivity contribution in [1.82, 2.24) is 4.90 Å². The molecule has 1 unspecified atom stereocenters. The summed E-state index contributed by atoms with van der Waals surface area (Å²) < 4.78 is 5.84. The minimum absolute atomic E-state index is 0.564. The van der Waals surface area contributed by atoms with Gasteiger partial charge in [0.15, 0.2) is 0 Å². The largest absolute Gasteiger partial charge is 0.493 e. The van der Waals surface area contributed by atoms with E-state index in [1.54, 1.807) is 0 Å². The maximum Gasteiger partial charge on any atom is 0.122 e. The Bertz CT molecular complexity index is 368. The third kappa shape index (κ3) is 5.28. The van der Waals surface area contributed by atoms with Gasteiger partial charge in [-0.15, -0.1) is 0 Å². The van der Waals surface area contributed by atoms with Gasteiger partial charge in [0.25, 0.3) is 0 Å². The fourth-order valence-electron chi connectivity index (χ4n) is 1.69. The minimum Gasteiger partial charge on any atom is -0.493 e. The van der Waals surface area contributed by atoms with Crippen molar-refractivity contribution in [3.8, 4) is 5.75 Å². The van der Waals surface area contributed by atoms with Gasteiger partial charge in [0, 0.05) is 5.02 Å². The van der Waals surface area contributed by atoms with E-state index in [9.17, 15) is 0 Å². The fourth-order valence-corrected chi connectivity index (χ4v) is 1.92. The normalized spacial score (nSPS) is 12.8. The molecule has 0 saturated carbocycles. The van der Waals surface area contributed by atoms with E-state index in [1.165, 1.54) is 0 Å². The van der Waals surface area contributed by atoms with Gasteiger partial charge in [0.1, 0.15) is 5.75 Å². The van der Waals surface area contributed by atoms with Crippen molar-refractivity contribution in [1.29, 1.82) is 0 Å². The molecule has 18 heavy (non-hydrogen) atoms. The molecule has 0 bridgehead atoms. The molecule has 1 rings (SSSR count). The van der Waals surface area contributed by atoms with Crippen molar-refractivity contribution in [3.63, 3.8) is 0 Å². The molecule has 0 aliphatic carbocycles. The summed E-state index contributed by atoms with van der Waals surface area (Å²) >= 11 is 5.92. The average molecular weight is 270 g/mol. The summed E-state index contributed by atoms with van der Waals surface area (Å²) in [5, 5.41) is 0.762. The topological polar surface area (TPSA) is 12.5 Å². The predicted molar refractivity (Wildman–Crippen MR) is 78.6 cm³/mol. The Morgan fingerprint density at radius 1 is 1.39 bits per heavy atom. The average Bonchev–Trinajstić information content (AvgIpc) is 2.34. The molecule has 0 fully saturated rings. The third-order valence-electron chi connectivity index (χ3n) is 3.20. The Hall–Kier alpha value is -0.730. The van der Waals surface area contributed by atoms with Gasteiger partial charge in [0.2, 0.25) is 0 Å². The van der Waals surface area contributed by atoms with Crippen molar-refractivity contribution in [2.45, 2.75) is 27.2 Å². The lowest BCUT2D eigenvalue weighted by Crippen LogP contribution is -2.22. The summed E-state index contributed by atoms with van der Waals surface area (Å²) in [5.41, 5.74) is 1.10. The number of aryl methyl sites for hydroxylation is 1. The van der Waals surface area contributed by atoms with Crippen LogP contribution in [0.3, 0.4) is 0 Å². The molecule has 102 valence electrons. The van der Waals surface area contributed by atoms with Crippen molar-refractivity contribution in [2.24, 2.45) is 5.92 Å². The molecule has 0 aliphatic rings. The first-order valence-corrected chi connectivity index (χ1v) is 6.98. The summed E-state index contributed by atoms with van der Waals surface area (Å²) in [6, 6.07) is 5.76. The molecule has 0 aliphatic heterocycles. The number of benzene rings is 1. The van der Waals surface area contributed by atoms with Crippen LogP contribution in [0.1, 0.15) is 25.8 Å². The first-order chi connectivity index (χ1) is 8.52. The molecule has 2 nitrogen and oxygen atoms in total. The molecule has 0 spiro atoms. The lowest BCUT2D eigenvalue weighted by molar-refractivity contribution is 0.230. The van der Waals surface area contributed by atoms with Crippen molar-refractivity contribution in [3.05, 3.63) is 28.8 Å². The van der Waals surface area contributed by atoms with Gasteiger partial charge in [-0.2, -0.15) is 0 Å². The van der Waals surface area contributed by atoms with E-state index in [0.29, 0.717) is 5.92 Å². The highest BCUT2D eigenvalue weighted by atomic mass is 35.5. The summed E-state index contributed by atoms with van der Waals surface area (Å²) in [4.78, 5) is 2.32. The number of rotatable bonds is 7. The van der Waals surface area contributed by atoms with Crippen molar-refractivity contribution >= 4 is 11.6 Å². The molecule has 0 radical (unpaired) electrons. The Labute approximate surface area is 116 Å². The van der Waals surface area contributed by atoms with E-state index in [-0.39, 0.29) is 0 Å². The highest BCUT2D eigenvalue weighted by Crippen LogP contribution is 2.22. The minimum atomic E-state index is 0.564. The second-order valence-electron chi connectivity index (χ2n) is 5.01. The van der Waals surface area contributed by atoms with Gasteiger partial charge in [0.05, 0.1) is 6.61 Å². The van der Waals surface area contributed by atoms with Crippen molar-refractivity contribution in [2.75, 3.05) is 26.7 Å². The van der Waals surface area contributed by atoms with Gasteiger partial charge in [-0.25, -0.2) is 0 Å². The first-order valence-electron chi connectivity index (χ1n) is 6.60. The lowest BCUT2D eigenvalue weighted by atomic mass is 10.1.